The van der Waals surface area contributed by atoms with Crippen LogP contribution in [0.1, 0.15) is 24.8 Å². The molecule has 0 aliphatic heterocycles. The van der Waals surface area contributed by atoms with E-state index in [-0.39, 0.29) is 18.5 Å². The molecule has 0 radical (unpaired) electrons. The van der Waals surface area contributed by atoms with Gasteiger partial charge in [-0.05, 0) is 18.4 Å². The Morgan fingerprint density at radius 1 is 1.19 bits per heavy atom. The fourth-order valence-electron chi connectivity index (χ4n) is 1.72. The van der Waals surface area contributed by atoms with Crippen molar-refractivity contribution in [2.45, 2.75) is 25.9 Å². The van der Waals surface area contributed by atoms with Crippen LogP contribution in [0.2, 0.25) is 0 Å². The molecular weight excluding hydrogens is 314 g/mol. The number of hydrogen-bond donors (Lipinski definition) is 0. The van der Waals surface area contributed by atoms with Crippen molar-refractivity contribution in [2.75, 3.05) is 19.3 Å². The van der Waals surface area contributed by atoms with E-state index < -0.39 is 9.05 Å². The van der Waals surface area contributed by atoms with Gasteiger partial charge in [0.05, 0.1) is 5.75 Å². The molecule has 1 rings (SSSR count). The quantitative estimate of drug-likeness (QED) is 0.542. The van der Waals surface area contributed by atoms with Crippen molar-refractivity contribution in [1.82, 2.24) is 4.90 Å². The van der Waals surface area contributed by atoms with Crippen molar-refractivity contribution in [3.63, 3.8) is 0 Å². The summed E-state index contributed by atoms with van der Waals surface area (Å²) < 4.78 is 26.6. The minimum atomic E-state index is -3.41. The van der Waals surface area contributed by atoms with Gasteiger partial charge in [0, 0.05) is 24.3 Å². The lowest BCUT2D eigenvalue weighted by molar-refractivity contribution is 0.104. The largest absolute Gasteiger partial charge is 0.445 e. The van der Waals surface area contributed by atoms with Crippen LogP contribution >= 0.6 is 10.7 Å². The van der Waals surface area contributed by atoms with Crippen molar-refractivity contribution in [3.05, 3.63) is 35.9 Å². The summed E-state index contributed by atoms with van der Waals surface area (Å²) in [6, 6.07) is 9.45. The fraction of sp³-hybridized carbons (Fsp3) is 0.500. The molecule has 0 aliphatic carbocycles. The van der Waals surface area contributed by atoms with E-state index in [9.17, 15) is 13.2 Å². The summed E-state index contributed by atoms with van der Waals surface area (Å²) in [6.45, 7) is 0.768. The van der Waals surface area contributed by atoms with Gasteiger partial charge in [-0.25, -0.2) is 13.2 Å². The lowest BCUT2D eigenvalue weighted by atomic mass is 10.2. The molecule has 0 aromatic heterocycles. The first kappa shape index (κ1) is 17.8. The van der Waals surface area contributed by atoms with Gasteiger partial charge in [0.15, 0.2) is 0 Å². The molecule has 118 valence electrons. The van der Waals surface area contributed by atoms with Crippen LogP contribution in [0, 0.1) is 0 Å². The Labute approximate surface area is 130 Å². The SMILES string of the molecule is CN(CCCCCS(=O)(=O)Cl)C(=O)OCc1ccccc1. The Bertz CT molecular complexity index is 533. The van der Waals surface area contributed by atoms with Gasteiger partial charge in [-0.1, -0.05) is 36.8 Å². The lowest BCUT2D eigenvalue weighted by Crippen LogP contribution is -2.28. The summed E-state index contributed by atoms with van der Waals surface area (Å²) in [5.74, 6) is -0.0310. The first-order chi connectivity index (χ1) is 9.88. The molecule has 1 aromatic rings. The third-order valence-corrected chi connectivity index (χ3v) is 4.14. The zero-order valence-corrected chi connectivity index (χ0v) is 13.6. The Morgan fingerprint density at radius 2 is 1.86 bits per heavy atom. The zero-order chi connectivity index (χ0) is 15.7. The number of benzene rings is 1. The highest BCUT2D eigenvalue weighted by molar-refractivity contribution is 8.13. The van der Waals surface area contributed by atoms with Gasteiger partial charge in [-0.3, -0.25) is 0 Å². The molecule has 1 amide bonds. The third kappa shape index (κ3) is 8.57. The van der Waals surface area contributed by atoms with E-state index in [2.05, 4.69) is 0 Å². The smallest absolute Gasteiger partial charge is 0.409 e. The maximum absolute atomic E-state index is 11.7. The monoisotopic (exact) mass is 333 g/mol. The molecule has 0 aliphatic rings. The van der Waals surface area contributed by atoms with Crippen molar-refractivity contribution >= 4 is 25.8 Å². The van der Waals surface area contributed by atoms with Gasteiger partial charge in [-0.2, -0.15) is 0 Å². The number of amides is 1. The van der Waals surface area contributed by atoms with E-state index >= 15 is 0 Å². The van der Waals surface area contributed by atoms with Gasteiger partial charge in [0.2, 0.25) is 9.05 Å². The van der Waals surface area contributed by atoms with Crippen LogP contribution in [0.5, 0.6) is 0 Å². The predicted molar refractivity (Wildman–Crippen MR) is 82.7 cm³/mol. The molecule has 0 unspecified atom stereocenters. The van der Waals surface area contributed by atoms with Crippen molar-refractivity contribution in [1.29, 1.82) is 0 Å². The van der Waals surface area contributed by atoms with Crippen LogP contribution in [-0.4, -0.2) is 38.8 Å². The maximum Gasteiger partial charge on any atom is 0.409 e. The van der Waals surface area contributed by atoms with Crippen LogP contribution < -0.4 is 0 Å². The second kappa shape index (κ2) is 8.89. The van der Waals surface area contributed by atoms with E-state index in [1.807, 2.05) is 30.3 Å². The van der Waals surface area contributed by atoms with Crippen LogP contribution in [0.4, 0.5) is 4.79 Å². The van der Waals surface area contributed by atoms with Gasteiger partial charge >= 0.3 is 6.09 Å². The summed E-state index contributed by atoms with van der Waals surface area (Å²) in [7, 11) is 3.36. The number of halogens is 1. The van der Waals surface area contributed by atoms with Crippen molar-refractivity contribution < 1.29 is 17.9 Å². The molecule has 0 atom stereocenters. The lowest BCUT2D eigenvalue weighted by Gasteiger charge is -2.16. The number of unbranched alkanes of at least 4 members (excludes halogenated alkanes) is 2. The van der Waals surface area contributed by atoms with E-state index in [4.69, 9.17) is 15.4 Å². The molecule has 0 fully saturated rings. The molecule has 1 aromatic carbocycles. The van der Waals surface area contributed by atoms with Gasteiger partial charge in [0.1, 0.15) is 6.61 Å². The summed E-state index contributed by atoms with van der Waals surface area (Å²) in [6.07, 6.45) is 1.52. The van der Waals surface area contributed by atoms with Crippen molar-refractivity contribution in [3.8, 4) is 0 Å². The Hall–Kier alpha value is -1.27. The first-order valence-electron chi connectivity index (χ1n) is 6.72. The van der Waals surface area contributed by atoms with E-state index in [0.29, 0.717) is 25.8 Å². The topological polar surface area (TPSA) is 63.7 Å². The maximum atomic E-state index is 11.7. The van der Waals surface area contributed by atoms with Crippen molar-refractivity contribution in [2.24, 2.45) is 0 Å². The Morgan fingerprint density at radius 3 is 2.48 bits per heavy atom. The molecule has 0 heterocycles. The van der Waals surface area contributed by atoms with Crippen LogP contribution in [0.25, 0.3) is 0 Å². The average Bonchev–Trinajstić information content (AvgIpc) is 2.44. The Kier molecular flexibility index (Phi) is 7.53. The minimum absolute atomic E-state index is 0.0310. The summed E-state index contributed by atoms with van der Waals surface area (Å²) in [5.41, 5.74) is 0.937. The zero-order valence-electron chi connectivity index (χ0n) is 12.0. The number of carbonyl (C=O) groups excluding carboxylic acids is 1. The molecule has 0 spiro atoms. The highest BCUT2D eigenvalue weighted by Crippen LogP contribution is 2.06. The van der Waals surface area contributed by atoms with E-state index in [1.54, 1.807) is 7.05 Å². The predicted octanol–water partition coefficient (Wildman–Crippen LogP) is 2.99. The molecular formula is C14H20ClNO4S. The number of hydrogen-bond acceptors (Lipinski definition) is 4. The molecule has 0 saturated heterocycles. The third-order valence-electron chi connectivity index (χ3n) is 2.90. The van der Waals surface area contributed by atoms with E-state index in [1.165, 1.54) is 4.90 Å². The van der Waals surface area contributed by atoms with Crippen LogP contribution in [0.3, 0.4) is 0 Å². The number of ether oxygens (including phenoxy) is 1. The minimum Gasteiger partial charge on any atom is -0.445 e. The molecule has 7 heteroatoms. The first-order valence-corrected chi connectivity index (χ1v) is 9.20. The summed E-state index contributed by atoms with van der Waals surface area (Å²) in [4.78, 5) is 13.2. The Balaban J connectivity index is 2.16. The van der Waals surface area contributed by atoms with Gasteiger partial charge < -0.3 is 9.64 Å². The highest BCUT2D eigenvalue weighted by Gasteiger charge is 2.10. The van der Waals surface area contributed by atoms with Gasteiger partial charge in [0.25, 0.3) is 0 Å². The number of rotatable bonds is 8. The summed E-state index contributed by atoms with van der Waals surface area (Å²) >= 11 is 0. The number of carbonyl (C=O) groups is 1. The summed E-state index contributed by atoms with van der Waals surface area (Å²) in [5, 5.41) is 0. The average molecular weight is 334 g/mol. The van der Waals surface area contributed by atoms with Gasteiger partial charge in [-0.15, -0.1) is 0 Å². The fourth-order valence-corrected chi connectivity index (χ4v) is 2.60. The molecule has 0 saturated carbocycles. The molecule has 0 bridgehead atoms. The van der Waals surface area contributed by atoms with Crippen LogP contribution in [-0.2, 0) is 20.4 Å². The second-order valence-corrected chi connectivity index (χ2v) is 7.66. The normalized spacial score (nSPS) is 11.1. The molecule has 21 heavy (non-hydrogen) atoms. The number of nitrogens with zero attached hydrogens (tertiary/aromatic N) is 1. The standard InChI is InChI=1S/C14H20ClNO4S/c1-16(10-6-3-7-11-21(15,18)19)14(17)20-12-13-8-4-2-5-9-13/h2,4-5,8-9H,3,6-7,10-12H2,1H3. The molecule has 5 nitrogen and oxygen atoms in total. The van der Waals surface area contributed by atoms with Crippen LogP contribution in [0.15, 0.2) is 30.3 Å². The molecule has 0 N–H and O–H groups in total. The highest BCUT2D eigenvalue weighted by atomic mass is 35.7. The second-order valence-electron chi connectivity index (χ2n) is 4.77. The van der Waals surface area contributed by atoms with E-state index in [0.717, 1.165) is 5.56 Å².